The molecule has 19 heavy (non-hydrogen) atoms. The van der Waals surface area contributed by atoms with Crippen molar-refractivity contribution in [3.8, 4) is 5.75 Å². The highest BCUT2D eigenvalue weighted by Gasteiger charge is 2.31. The van der Waals surface area contributed by atoms with Gasteiger partial charge in [-0.1, -0.05) is 30.9 Å². The maximum absolute atomic E-state index is 12.7. The fourth-order valence-corrected chi connectivity index (χ4v) is 1.44. The molecule has 1 rings (SSSR count). The van der Waals surface area contributed by atoms with Crippen molar-refractivity contribution in [1.29, 1.82) is 0 Å². The van der Waals surface area contributed by atoms with Gasteiger partial charge in [0.2, 0.25) is 0 Å². The number of alkyl halides is 3. The molecule has 0 bridgehead atoms. The SMILES string of the molecule is C=C(/C=C(\C=C/C)C(F)(F)F)Oc1cccc(C)c1. The molecular formula is C15H15F3O. The van der Waals surface area contributed by atoms with Gasteiger partial charge in [-0.05, 0) is 37.6 Å². The van der Waals surface area contributed by atoms with Gasteiger partial charge >= 0.3 is 6.18 Å². The number of hydrogen-bond acceptors (Lipinski definition) is 1. The summed E-state index contributed by atoms with van der Waals surface area (Å²) in [5.41, 5.74) is 0.159. The number of ether oxygens (including phenoxy) is 1. The minimum Gasteiger partial charge on any atom is -0.458 e. The lowest BCUT2D eigenvalue weighted by molar-refractivity contribution is -0.0883. The van der Waals surface area contributed by atoms with Crippen LogP contribution in [0.4, 0.5) is 13.2 Å². The van der Waals surface area contributed by atoms with Crippen LogP contribution in [0.3, 0.4) is 0 Å². The van der Waals surface area contributed by atoms with Gasteiger partial charge in [0, 0.05) is 0 Å². The molecule has 0 atom stereocenters. The van der Waals surface area contributed by atoms with Crippen molar-refractivity contribution in [2.75, 3.05) is 0 Å². The monoisotopic (exact) mass is 268 g/mol. The van der Waals surface area contributed by atoms with Crippen LogP contribution in [0.5, 0.6) is 5.75 Å². The Hall–Kier alpha value is -1.97. The van der Waals surface area contributed by atoms with Crippen molar-refractivity contribution < 1.29 is 17.9 Å². The van der Waals surface area contributed by atoms with Gasteiger partial charge in [-0.25, -0.2) is 0 Å². The largest absolute Gasteiger partial charge is 0.458 e. The van der Waals surface area contributed by atoms with E-state index in [-0.39, 0.29) is 5.76 Å². The van der Waals surface area contributed by atoms with Gasteiger partial charge < -0.3 is 4.74 Å². The molecule has 0 aliphatic carbocycles. The molecule has 0 heterocycles. The zero-order valence-corrected chi connectivity index (χ0v) is 10.8. The molecule has 1 aromatic rings. The van der Waals surface area contributed by atoms with E-state index >= 15 is 0 Å². The van der Waals surface area contributed by atoms with E-state index in [4.69, 9.17) is 4.74 Å². The average molecular weight is 268 g/mol. The van der Waals surface area contributed by atoms with Gasteiger partial charge in [-0.2, -0.15) is 13.2 Å². The summed E-state index contributed by atoms with van der Waals surface area (Å²) in [5.74, 6) is 0.402. The van der Waals surface area contributed by atoms with Crippen molar-refractivity contribution in [2.24, 2.45) is 0 Å². The Morgan fingerprint density at radius 3 is 2.53 bits per heavy atom. The molecule has 0 amide bonds. The van der Waals surface area contributed by atoms with Crippen LogP contribution in [0.2, 0.25) is 0 Å². The molecule has 1 aromatic carbocycles. The molecule has 0 radical (unpaired) electrons. The highest BCUT2D eigenvalue weighted by Crippen LogP contribution is 2.28. The second-order valence-electron chi connectivity index (χ2n) is 3.98. The lowest BCUT2D eigenvalue weighted by atomic mass is 10.2. The summed E-state index contributed by atoms with van der Waals surface area (Å²) in [6.07, 6.45) is -1.25. The van der Waals surface area contributed by atoms with Gasteiger partial charge in [0.1, 0.15) is 11.5 Å². The van der Waals surface area contributed by atoms with Crippen molar-refractivity contribution in [1.82, 2.24) is 0 Å². The molecule has 0 spiro atoms. The van der Waals surface area contributed by atoms with Crippen LogP contribution >= 0.6 is 0 Å². The summed E-state index contributed by atoms with van der Waals surface area (Å²) in [7, 11) is 0. The maximum Gasteiger partial charge on any atom is 0.416 e. The molecule has 1 nitrogen and oxygen atoms in total. The Morgan fingerprint density at radius 2 is 2.00 bits per heavy atom. The van der Waals surface area contributed by atoms with Crippen molar-refractivity contribution >= 4 is 0 Å². The van der Waals surface area contributed by atoms with Gasteiger partial charge in [0.15, 0.2) is 0 Å². The first-order valence-corrected chi connectivity index (χ1v) is 5.68. The summed E-state index contributed by atoms with van der Waals surface area (Å²) < 4.78 is 43.2. The van der Waals surface area contributed by atoms with Crippen LogP contribution < -0.4 is 4.74 Å². The summed E-state index contributed by atoms with van der Waals surface area (Å²) in [5, 5.41) is 0. The molecular weight excluding hydrogens is 253 g/mol. The van der Waals surface area contributed by atoms with Gasteiger partial charge in [-0.3, -0.25) is 0 Å². The molecule has 4 heteroatoms. The van der Waals surface area contributed by atoms with Crippen molar-refractivity contribution in [2.45, 2.75) is 20.0 Å². The Balaban J connectivity index is 2.88. The predicted octanol–water partition coefficient (Wildman–Crippen LogP) is 4.95. The maximum atomic E-state index is 12.7. The number of rotatable bonds is 4. The third-order valence-corrected chi connectivity index (χ3v) is 2.23. The first-order valence-electron chi connectivity index (χ1n) is 5.68. The Morgan fingerprint density at radius 1 is 1.32 bits per heavy atom. The van der Waals surface area contributed by atoms with Crippen LogP contribution in [0.15, 0.2) is 60.4 Å². The molecule has 0 saturated heterocycles. The molecule has 0 aliphatic heterocycles. The standard InChI is InChI=1S/C15H15F3O/c1-4-6-13(15(16,17)18)10-12(3)19-14-8-5-7-11(2)9-14/h4-10H,3H2,1-2H3/b6-4-,13-10+. The second-order valence-corrected chi connectivity index (χ2v) is 3.98. The fourth-order valence-electron chi connectivity index (χ4n) is 1.44. The molecule has 102 valence electrons. The van der Waals surface area contributed by atoms with E-state index in [2.05, 4.69) is 6.58 Å². The quantitative estimate of drug-likeness (QED) is 0.554. The lowest BCUT2D eigenvalue weighted by Crippen LogP contribution is -2.10. The second kappa shape index (κ2) is 6.27. The molecule has 0 N–H and O–H groups in total. The molecule has 0 aliphatic rings. The van der Waals surface area contributed by atoms with Crippen LogP contribution in [0.25, 0.3) is 0 Å². The minimum atomic E-state index is -4.43. The summed E-state index contributed by atoms with van der Waals surface area (Å²) in [4.78, 5) is 0. The lowest BCUT2D eigenvalue weighted by Gasteiger charge is -2.10. The normalized spacial score (nSPS) is 12.8. The zero-order valence-electron chi connectivity index (χ0n) is 10.8. The van der Waals surface area contributed by atoms with Crippen LogP contribution in [-0.4, -0.2) is 6.18 Å². The third-order valence-electron chi connectivity index (χ3n) is 2.23. The highest BCUT2D eigenvalue weighted by atomic mass is 19.4. The first-order chi connectivity index (χ1) is 8.82. The molecule has 0 aromatic heterocycles. The summed E-state index contributed by atoms with van der Waals surface area (Å²) in [6.45, 7) is 6.87. The van der Waals surface area contributed by atoms with Gasteiger partial charge in [0.25, 0.3) is 0 Å². The van der Waals surface area contributed by atoms with Crippen LogP contribution in [0.1, 0.15) is 12.5 Å². The van der Waals surface area contributed by atoms with Crippen LogP contribution in [0, 0.1) is 6.92 Å². The molecule has 0 unspecified atom stereocenters. The summed E-state index contributed by atoms with van der Waals surface area (Å²) >= 11 is 0. The van der Waals surface area contributed by atoms with E-state index < -0.39 is 11.7 Å². The topological polar surface area (TPSA) is 9.23 Å². The number of allylic oxidation sites excluding steroid dienone is 4. The highest BCUT2D eigenvalue weighted by molar-refractivity contribution is 5.34. The zero-order chi connectivity index (χ0) is 14.5. The number of hydrogen-bond donors (Lipinski definition) is 0. The molecule has 0 fully saturated rings. The first kappa shape index (κ1) is 15.1. The van der Waals surface area contributed by atoms with Crippen molar-refractivity contribution in [3.63, 3.8) is 0 Å². The number of benzene rings is 1. The van der Waals surface area contributed by atoms with E-state index in [1.807, 2.05) is 13.0 Å². The van der Waals surface area contributed by atoms with Gasteiger partial charge in [-0.15, -0.1) is 0 Å². The summed E-state index contributed by atoms with van der Waals surface area (Å²) in [6, 6.07) is 7.02. The van der Waals surface area contributed by atoms with Gasteiger partial charge in [0.05, 0.1) is 5.57 Å². The Bertz CT molecular complexity index is 510. The van der Waals surface area contributed by atoms with E-state index in [1.54, 1.807) is 18.2 Å². The predicted molar refractivity (Wildman–Crippen MR) is 69.9 cm³/mol. The molecule has 0 saturated carbocycles. The number of halogens is 3. The third kappa shape index (κ3) is 5.04. The van der Waals surface area contributed by atoms with E-state index in [9.17, 15) is 13.2 Å². The average Bonchev–Trinajstić information content (AvgIpc) is 2.27. The minimum absolute atomic E-state index is 0.0592. The fraction of sp³-hybridized carbons (Fsp3) is 0.200. The van der Waals surface area contributed by atoms with Crippen molar-refractivity contribution in [3.05, 3.63) is 66.0 Å². The smallest absolute Gasteiger partial charge is 0.416 e. The number of aryl methyl sites for hydroxylation is 1. The van der Waals surface area contributed by atoms with E-state index in [0.717, 1.165) is 17.7 Å². The van der Waals surface area contributed by atoms with E-state index in [0.29, 0.717) is 5.75 Å². The van der Waals surface area contributed by atoms with E-state index in [1.165, 1.54) is 13.0 Å². The Labute approximate surface area is 110 Å². The Kier molecular flexibility index (Phi) is 4.98. The van der Waals surface area contributed by atoms with Crippen LogP contribution in [-0.2, 0) is 0 Å².